The number of rotatable bonds is 6. The average Bonchev–Trinajstić information content (AvgIpc) is 3.33. The third kappa shape index (κ3) is 3.51. The molecule has 1 aliphatic carbocycles. The zero-order chi connectivity index (χ0) is 19.7. The van der Waals surface area contributed by atoms with Crippen LogP contribution in [-0.2, 0) is 19.4 Å². The highest BCUT2D eigenvalue weighted by atomic mass is 32.2. The molecule has 0 radical (unpaired) electrons. The van der Waals surface area contributed by atoms with Gasteiger partial charge >= 0.3 is 0 Å². The molecule has 0 bridgehead atoms. The molecule has 0 saturated heterocycles. The van der Waals surface area contributed by atoms with E-state index >= 15 is 0 Å². The summed E-state index contributed by atoms with van der Waals surface area (Å²) in [6.45, 7) is 6.89. The Morgan fingerprint density at radius 2 is 1.93 bits per heavy atom. The van der Waals surface area contributed by atoms with Gasteiger partial charge in [-0.15, -0.1) is 10.2 Å². The second-order valence-corrected chi connectivity index (χ2v) is 8.63. The van der Waals surface area contributed by atoms with Gasteiger partial charge in [0.2, 0.25) is 0 Å². The summed E-state index contributed by atoms with van der Waals surface area (Å²) in [5, 5.41) is 9.42. The van der Waals surface area contributed by atoms with E-state index in [1.54, 1.807) is 0 Å². The normalized spacial score (nSPS) is 14.1. The molecule has 0 spiro atoms. The number of Topliss-reactive ketones (excluding diaryl/α,β-unsaturated/α-hetero) is 1. The standard InChI is InChI=1S/C23H25N3OS/c1-4-26-22(20-11-6-5-8-15(20)2)24-25-23(26)28-16(3)21(27)19-13-12-17-9-7-10-18(17)14-19/h5-6,8,11-14,16H,4,7,9-10H2,1-3H3/t16-/m0/s1. The van der Waals surface area contributed by atoms with Gasteiger partial charge in [0.25, 0.3) is 0 Å². The topological polar surface area (TPSA) is 47.8 Å². The highest BCUT2D eigenvalue weighted by molar-refractivity contribution is 8.00. The van der Waals surface area contributed by atoms with Gasteiger partial charge < -0.3 is 4.57 Å². The molecule has 1 aliphatic rings. The first-order valence-electron chi connectivity index (χ1n) is 9.90. The van der Waals surface area contributed by atoms with E-state index in [1.165, 1.54) is 34.9 Å². The van der Waals surface area contributed by atoms with Gasteiger partial charge in [0, 0.05) is 17.7 Å². The van der Waals surface area contributed by atoms with E-state index in [-0.39, 0.29) is 11.0 Å². The van der Waals surface area contributed by atoms with E-state index in [0.717, 1.165) is 41.5 Å². The monoisotopic (exact) mass is 391 g/mol. The molecule has 28 heavy (non-hydrogen) atoms. The van der Waals surface area contributed by atoms with Crippen LogP contribution in [0.2, 0.25) is 0 Å². The van der Waals surface area contributed by atoms with Crippen LogP contribution in [-0.4, -0.2) is 25.8 Å². The van der Waals surface area contributed by atoms with E-state index in [0.29, 0.717) is 0 Å². The Balaban J connectivity index is 1.57. The molecule has 3 aromatic rings. The maximum Gasteiger partial charge on any atom is 0.192 e. The number of nitrogens with zero attached hydrogens (tertiary/aromatic N) is 3. The molecule has 144 valence electrons. The van der Waals surface area contributed by atoms with Gasteiger partial charge in [0.15, 0.2) is 16.8 Å². The average molecular weight is 392 g/mol. The number of ketones is 1. The van der Waals surface area contributed by atoms with E-state index in [2.05, 4.69) is 52.9 Å². The quantitative estimate of drug-likeness (QED) is 0.432. The van der Waals surface area contributed by atoms with Crippen molar-refractivity contribution >= 4 is 17.5 Å². The van der Waals surface area contributed by atoms with Crippen LogP contribution < -0.4 is 0 Å². The van der Waals surface area contributed by atoms with Crippen LogP contribution in [0.5, 0.6) is 0 Å². The molecule has 5 heteroatoms. The van der Waals surface area contributed by atoms with Crippen LogP contribution in [0.25, 0.3) is 11.4 Å². The van der Waals surface area contributed by atoms with Crippen LogP contribution in [0.1, 0.15) is 47.3 Å². The Morgan fingerprint density at radius 3 is 2.71 bits per heavy atom. The summed E-state index contributed by atoms with van der Waals surface area (Å²) in [5.41, 5.74) is 5.79. The minimum absolute atomic E-state index is 0.155. The van der Waals surface area contributed by atoms with Crippen LogP contribution in [0.15, 0.2) is 47.6 Å². The lowest BCUT2D eigenvalue weighted by Crippen LogP contribution is -2.15. The van der Waals surface area contributed by atoms with Gasteiger partial charge in [-0.25, -0.2) is 0 Å². The maximum atomic E-state index is 13.0. The van der Waals surface area contributed by atoms with Crippen molar-refractivity contribution in [3.63, 3.8) is 0 Å². The summed E-state index contributed by atoms with van der Waals surface area (Å²) < 4.78 is 2.10. The van der Waals surface area contributed by atoms with Crippen molar-refractivity contribution in [1.82, 2.24) is 14.8 Å². The Kier molecular flexibility index (Phi) is 5.36. The lowest BCUT2D eigenvalue weighted by atomic mass is 10.0. The number of aryl methyl sites for hydroxylation is 3. The fourth-order valence-electron chi connectivity index (χ4n) is 3.86. The van der Waals surface area contributed by atoms with Gasteiger partial charge in [-0.05, 0) is 62.8 Å². The SMILES string of the molecule is CCn1c(S[C@@H](C)C(=O)c2ccc3c(c2)CCC3)nnc1-c1ccccc1C. The highest BCUT2D eigenvalue weighted by Crippen LogP contribution is 2.30. The van der Waals surface area contributed by atoms with E-state index in [4.69, 9.17) is 0 Å². The fourth-order valence-corrected chi connectivity index (χ4v) is 4.85. The minimum atomic E-state index is -0.210. The lowest BCUT2D eigenvalue weighted by molar-refractivity contribution is 0.0993. The predicted octanol–water partition coefficient (Wildman–Crippen LogP) is 5.13. The molecule has 0 N–H and O–H groups in total. The number of benzene rings is 2. The van der Waals surface area contributed by atoms with Crippen LogP contribution >= 0.6 is 11.8 Å². The predicted molar refractivity (Wildman–Crippen MR) is 114 cm³/mol. The lowest BCUT2D eigenvalue weighted by Gasteiger charge is -2.13. The van der Waals surface area contributed by atoms with Crippen LogP contribution in [0.3, 0.4) is 0 Å². The summed E-state index contributed by atoms with van der Waals surface area (Å²) in [6, 6.07) is 14.4. The highest BCUT2D eigenvalue weighted by Gasteiger charge is 2.23. The van der Waals surface area contributed by atoms with Crippen molar-refractivity contribution in [3.05, 3.63) is 64.7 Å². The summed E-state index contributed by atoms with van der Waals surface area (Å²) in [7, 11) is 0. The van der Waals surface area contributed by atoms with E-state index in [9.17, 15) is 4.79 Å². The van der Waals surface area contributed by atoms with Crippen molar-refractivity contribution in [2.75, 3.05) is 0 Å². The number of hydrogen-bond donors (Lipinski definition) is 0. The number of hydrogen-bond acceptors (Lipinski definition) is 4. The third-order valence-electron chi connectivity index (χ3n) is 5.45. The number of carbonyl (C=O) groups excluding carboxylic acids is 1. The first-order valence-corrected chi connectivity index (χ1v) is 10.8. The summed E-state index contributed by atoms with van der Waals surface area (Å²) in [4.78, 5) is 13.0. The number of thioether (sulfide) groups is 1. The zero-order valence-corrected chi connectivity index (χ0v) is 17.4. The van der Waals surface area contributed by atoms with Crippen molar-refractivity contribution < 1.29 is 4.79 Å². The van der Waals surface area contributed by atoms with Gasteiger partial charge in [0.1, 0.15) is 0 Å². The molecule has 0 unspecified atom stereocenters. The van der Waals surface area contributed by atoms with Crippen molar-refractivity contribution in [3.8, 4) is 11.4 Å². The Hall–Kier alpha value is -2.40. The van der Waals surface area contributed by atoms with E-state index < -0.39 is 0 Å². The Bertz CT molecular complexity index is 1020. The number of aromatic nitrogens is 3. The third-order valence-corrected chi connectivity index (χ3v) is 6.53. The summed E-state index contributed by atoms with van der Waals surface area (Å²) in [5.74, 6) is 1.02. The molecule has 0 saturated carbocycles. The molecule has 2 aromatic carbocycles. The largest absolute Gasteiger partial charge is 0.302 e. The Morgan fingerprint density at radius 1 is 1.14 bits per heavy atom. The van der Waals surface area contributed by atoms with E-state index in [1.807, 2.05) is 25.1 Å². The molecule has 1 atom stereocenters. The molecule has 0 aliphatic heterocycles. The van der Waals surface area contributed by atoms with Gasteiger partial charge in [-0.1, -0.05) is 48.2 Å². The summed E-state index contributed by atoms with van der Waals surface area (Å²) >= 11 is 1.49. The fraction of sp³-hybridized carbons (Fsp3) is 0.348. The molecule has 0 fully saturated rings. The van der Waals surface area contributed by atoms with Gasteiger partial charge in [-0.2, -0.15) is 0 Å². The van der Waals surface area contributed by atoms with Crippen molar-refractivity contribution in [2.24, 2.45) is 0 Å². The maximum absolute atomic E-state index is 13.0. The first kappa shape index (κ1) is 18.9. The molecular weight excluding hydrogens is 366 g/mol. The minimum Gasteiger partial charge on any atom is -0.302 e. The molecule has 1 aromatic heterocycles. The molecule has 4 rings (SSSR count). The van der Waals surface area contributed by atoms with Gasteiger partial charge in [0.05, 0.1) is 5.25 Å². The van der Waals surface area contributed by atoms with Gasteiger partial charge in [-0.3, -0.25) is 4.79 Å². The van der Waals surface area contributed by atoms with Crippen LogP contribution in [0, 0.1) is 6.92 Å². The second kappa shape index (κ2) is 7.92. The zero-order valence-electron chi connectivity index (χ0n) is 16.6. The molecular formula is C23H25N3OS. The van der Waals surface area contributed by atoms with Crippen LogP contribution in [0.4, 0.5) is 0 Å². The number of fused-ring (bicyclic) bond motifs is 1. The second-order valence-electron chi connectivity index (χ2n) is 7.33. The molecule has 4 nitrogen and oxygen atoms in total. The first-order chi connectivity index (χ1) is 13.6. The van der Waals surface area contributed by atoms with Crippen molar-refractivity contribution in [2.45, 2.75) is 57.0 Å². The molecule has 0 amide bonds. The Labute approximate surface area is 170 Å². The number of carbonyl (C=O) groups is 1. The van der Waals surface area contributed by atoms with Crippen molar-refractivity contribution in [1.29, 1.82) is 0 Å². The smallest absolute Gasteiger partial charge is 0.192 e. The summed E-state index contributed by atoms with van der Waals surface area (Å²) in [6.07, 6.45) is 3.41. The molecule has 1 heterocycles.